The Morgan fingerprint density at radius 1 is 0.261 bits per heavy atom. The normalized spacial score (nSPS) is 14.7. The van der Waals surface area contributed by atoms with Gasteiger partial charge in [-0.25, -0.2) is 0 Å². The van der Waals surface area contributed by atoms with Gasteiger partial charge >= 0.3 is 0 Å². The van der Waals surface area contributed by atoms with E-state index in [9.17, 15) is 0 Å². The molecule has 0 N–H and O–H groups in total. The van der Waals surface area contributed by atoms with E-state index in [0.29, 0.717) is 0 Å². The largest absolute Gasteiger partial charge is 0.456 e. The van der Waals surface area contributed by atoms with Crippen molar-refractivity contribution in [3.8, 4) is 77.9 Å². The molecule has 2 aromatic heterocycles. The molecule has 92 heavy (non-hydrogen) atoms. The molecule has 0 saturated heterocycles. The Labute approximate surface area is 532 Å². The molecule has 0 aliphatic heterocycles. The maximum absolute atomic E-state index is 6.93. The van der Waals surface area contributed by atoms with E-state index >= 15 is 0 Å². The molecule has 2 heterocycles. The molecular weight excluding hydrogens is 1110 g/mol. The smallest absolute Gasteiger partial charge is 0.143 e. The SMILES string of the molecule is CC1(C)c2cc(N(c3ccc4c(c3)C3(c5ccccc5-c5ccccc53)c3cc5c(cc3-4)C3(c4ccccc4-c4ccccc43)c3ccc4oc6ccccc6c4c3-5)c3ccccc3-c3ccccc3)ccc2-c2c1cc(-c1ccccc1)c1oc3ccccc3c21. The molecule has 0 fully saturated rings. The van der Waals surface area contributed by atoms with Gasteiger partial charge in [-0.2, -0.15) is 0 Å². The number of benzene rings is 14. The summed E-state index contributed by atoms with van der Waals surface area (Å²) in [6, 6.07) is 112. The molecule has 3 heteroatoms. The highest BCUT2D eigenvalue weighted by Crippen LogP contribution is 2.70. The van der Waals surface area contributed by atoms with Crippen molar-refractivity contribution < 1.29 is 8.83 Å². The first-order chi connectivity index (χ1) is 45.4. The molecule has 21 rings (SSSR count). The van der Waals surface area contributed by atoms with E-state index in [2.05, 4.69) is 316 Å². The van der Waals surface area contributed by atoms with Crippen LogP contribution in [-0.2, 0) is 16.2 Å². The lowest BCUT2D eigenvalue weighted by molar-refractivity contribution is 0.657. The molecule has 5 aliphatic rings. The Morgan fingerprint density at radius 3 is 1.33 bits per heavy atom. The molecule has 0 atom stereocenters. The maximum atomic E-state index is 6.93. The molecule has 0 radical (unpaired) electrons. The maximum Gasteiger partial charge on any atom is 0.143 e. The fourth-order valence-corrected chi connectivity index (χ4v) is 18.2. The molecule has 0 saturated carbocycles. The second kappa shape index (κ2) is 17.9. The van der Waals surface area contributed by atoms with E-state index in [0.717, 1.165) is 72.4 Å². The number of anilines is 3. The van der Waals surface area contributed by atoms with Crippen molar-refractivity contribution in [3.05, 3.63) is 353 Å². The summed E-state index contributed by atoms with van der Waals surface area (Å²) in [5.41, 5.74) is 35.5. The zero-order valence-electron chi connectivity index (χ0n) is 50.6. The Balaban J connectivity index is 0.847. The number of nitrogens with zero attached hydrogens (tertiary/aromatic N) is 1. The van der Waals surface area contributed by atoms with Gasteiger partial charge in [0.2, 0.25) is 0 Å². The summed E-state index contributed by atoms with van der Waals surface area (Å²) in [5.74, 6) is 0. The van der Waals surface area contributed by atoms with Crippen molar-refractivity contribution >= 4 is 60.9 Å². The third-order valence-corrected chi connectivity index (χ3v) is 21.9. The first-order valence-corrected chi connectivity index (χ1v) is 32.2. The van der Waals surface area contributed by atoms with Crippen molar-refractivity contribution in [1.82, 2.24) is 0 Å². The molecule has 2 spiro atoms. The number of rotatable bonds is 5. The third-order valence-electron chi connectivity index (χ3n) is 21.9. The Kier molecular flexibility index (Phi) is 9.78. The molecule has 0 unspecified atom stereocenters. The van der Waals surface area contributed by atoms with Crippen LogP contribution in [0.2, 0.25) is 0 Å². The minimum atomic E-state index is -0.696. The van der Waals surface area contributed by atoms with Crippen molar-refractivity contribution in [3.63, 3.8) is 0 Å². The summed E-state index contributed by atoms with van der Waals surface area (Å²) in [5, 5.41) is 4.62. The van der Waals surface area contributed by atoms with Gasteiger partial charge in [0.05, 0.1) is 16.5 Å². The third kappa shape index (κ3) is 6.16. The molecule has 3 nitrogen and oxygen atoms in total. The van der Waals surface area contributed by atoms with E-state index in [1.165, 1.54) is 122 Å². The van der Waals surface area contributed by atoms with Crippen LogP contribution in [0.15, 0.2) is 306 Å². The van der Waals surface area contributed by atoms with E-state index < -0.39 is 10.8 Å². The topological polar surface area (TPSA) is 29.5 Å². The van der Waals surface area contributed by atoms with Crippen molar-refractivity contribution in [2.75, 3.05) is 4.90 Å². The van der Waals surface area contributed by atoms with Crippen molar-refractivity contribution in [1.29, 1.82) is 0 Å². The van der Waals surface area contributed by atoms with E-state index in [1.54, 1.807) is 0 Å². The van der Waals surface area contributed by atoms with Crippen LogP contribution in [0, 0.1) is 0 Å². The van der Waals surface area contributed by atoms with Gasteiger partial charge in [0, 0.05) is 49.5 Å². The zero-order chi connectivity index (χ0) is 60.3. The summed E-state index contributed by atoms with van der Waals surface area (Å²) in [7, 11) is 0. The zero-order valence-corrected chi connectivity index (χ0v) is 50.6. The van der Waals surface area contributed by atoms with Gasteiger partial charge in [0.15, 0.2) is 0 Å². The summed E-state index contributed by atoms with van der Waals surface area (Å²) in [6.45, 7) is 4.83. The standard InChI is InChI=1S/C89H55NO2/c1-87(2)73-47-54(42-44-62(73)82-77(87)49-65(53-25-7-4-8-26-53)86-85(82)64-33-15-22-40-80(64)92-86)90(78-38-20-13-27-56(78)52-23-5-3-6-24-52)55-41-43-61-66-50-76-67(51-75(66)89(74(61)48-55)70-36-18-11-30-59(70)60-31-12-19-37-71(60)89)83-72(45-46-81-84(83)63-32-14-21-39-79(63)91-81)88(76)68-34-16-9-28-57(68)58-29-10-17-35-69(58)88/h3-51H,1-2H3. The van der Waals surface area contributed by atoms with Gasteiger partial charge in [-0.05, 0) is 189 Å². The van der Waals surface area contributed by atoms with Crippen LogP contribution in [0.5, 0.6) is 0 Å². The van der Waals surface area contributed by atoms with Gasteiger partial charge < -0.3 is 13.7 Å². The average Bonchev–Trinajstić information content (AvgIpc) is 1.49. The Bertz CT molecular complexity index is 5840. The van der Waals surface area contributed by atoms with Crippen LogP contribution in [-0.4, -0.2) is 0 Å². The first kappa shape index (κ1) is 50.4. The van der Waals surface area contributed by atoms with Gasteiger partial charge in [0.1, 0.15) is 22.3 Å². The highest BCUT2D eigenvalue weighted by Gasteiger charge is 2.57. The minimum Gasteiger partial charge on any atom is -0.456 e. The Morgan fingerprint density at radius 2 is 0.696 bits per heavy atom. The summed E-state index contributed by atoms with van der Waals surface area (Å²) < 4.78 is 13.8. The first-order valence-electron chi connectivity index (χ1n) is 32.2. The van der Waals surface area contributed by atoms with Crippen LogP contribution in [0.25, 0.3) is 122 Å². The van der Waals surface area contributed by atoms with E-state index in [1.807, 2.05) is 0 Å². The quantitative estimate of drug-likeness (QED) is 0.172. The lowest BCUT2D eigenvalue weighted by Gasteiger charge is -2.33. The predicted octanol–water partition coefficient (Wildman–Crippen LogP) is 23.3. The summed E-state index contributed by atoms with van der Waals surface area (Å²) in [6.07, 6.45) is 0. The Hall–Kier alpha value is -11.5. The van der Waals surface area contributed by atoms with Gasteiger partial charge in [-0.15, -0.1) is 0 Å². The fraction of sp³-hybridized carbons (Fsp3) is 0.0562. The number of fused-ring (bicyclic) bond motifs is 31. The molecule has 0 amide bonds. The predicted molar refractivity (Wildman–Crippen MR) is 377 cm³/mol. The van der Waals surface area contributed by atoms with Crippen LogP contribution in [0.4, 0.5) is 17.1 Å². The van der Waals surface area contributed by atoms with Crippen molar-refractivity contribution in [2.45, 2.75) is 30.1 Å². The van der Waals surface area contributed by atoms with E-state index in [-0.39, 0.29) is 5.41 Å². The summed E-state index contributed by atoms with van der Waals surface area (Å²) >= 11 is 0. The molecule has 5 aliphatic carbocycles. The summed E-state index contributed by atoms with van der Waals surface area (Å²) in [4.78, 5) is 2.56. The second-order valence-corrected chi connectivity index (χ2v) is 26.4. The van der Waals surface area contributed by atoms with E-state index in [4.69, 9.17) is 8.83 Å². The van der Waals surface area contributed by atoms with Gasteiger partial charge in [-0.1, -0.05) is 244 Å². The average molecular weight is 1170 g/mol. The number of para-hydroxylation sites is 3. The van der Waals surface area contributed by atoms with Crippen LogP contribution < -0.4 is 4.90 Å². The number of furan rings is 2. The lowest BCUT2D eigenvalue weighted by atomic mass is 9.68. The molecule has 428 valence electrons. The molecule has 14 aromatic carbocycles. The minimum absolute atomic E-state index is 0.382. The highest BCUT2D eigenvalue weighted by atomic mass is 16.3. The monoisotopic (exact) mass is 1170 g/mol. The fourth-order valence-electron chi connectivity index (χ4n) is 18.2. The lowest BCUT2D eigenvalue weighted by Crippen LogP contribution is -2.27. The van der Waals surface area contributed by atoms with Crippen LogP contribution in [0.1, 0.15) is 69.5 Å². The second-order valence-electron chi connectivity index (χ2n) is 26.4. The van der Waals surface area contributed by atoms with Gasteiger partial charge in [0.25, 0.3) is 0 Å². The molecular formula is C89H55NO2. The highest BCUT2D eigenvalue weighted by molar-refractivity contribution is 6.20. The van der Waals surface area contributed by atoms with Crippen LogP contribution >= 0.6 is 0 Å². The van der Waals surface area contributed by atoms with Gasteiger partial charge in [-0.3, -0.25) is 0 Å². The molecule has 16 aromatic rings. The van der Waals surface area contributed by atoms with Crippen molar-refractivity contribution in [2.24, 2.45) is 0 Å². The van der Waals surface area contributed by atoms with Crippen LogP contribution in [0.3, 0.4) is 0 Å². The number of hydrogen-bond acceptors (Lipinski definition) is 3. The number of hydrogen-bond donors (Lipinski definition) is 0. The molecule has 0 bridgehead atoms.